The van der Waals surface area contributed by atoms with Crippen LogP contribution in [0, 0.1) is 5.41 Å². The van der Waals surface area contributed by atoms with Crippen LogP contribution in [-0.4, -0.2) is 36.6 Å². The van der Waals surface area contributed by atoms with Crippen molar-refractivity contribution >= 4 is 5.97 Å². The fraction of sp³-hybridized carbons (Fsp3) is 0.800. The predicted octanol–water partition coefficient (Wildman–Crippen LogP) is 2.51. The lowest BCUT2D eigenvalue weighted by Gasteiger charge is -2.27. The molecule has 3 rings (SSSR count). The first kappa shape index (κ1) is 12.2. The number of likely N-dealkylation sites (tertiary alicyclic amines) is 1. The SMILES string of the molecule is CCOC(=O)[C@]12CCC=C1C[C@@H](N1CCCC1)C2. The standard InChI is InChI=1S/C15H23NO2/c1-2-18-14(17)15-7-5-6-12(15)10-13(11-15)16-8-3-4-9-16/h6,13H,2-5,7-11H2,1H3/t13-,15+/m1/s1. The van der Waals surface area contributed by atoms with Gasteiger partial charge in [-0.05, 0) is 58.5 Å². The number of fused-ring (bicyclic) bond motifs is 1. The van der Waals surface area contributed by atoms with Gasteiger partial charge in [0.15, 0.2) is 0 Å². The number of allylic oxidation sites excluding steroid dienone is 1. The second-order valence-electron chi connectivity index (χ2n) is 5.88. The van der Waals surface area contributed by atoms with Gasteiger partial charge in [0, 0.05) is 6.04 Å². The maximum absolute atomic E-state index is 12.3. The van der Waals surface area contributed by atoms with E-state index in [9.17, 15) is 4.79 Å². The minimum Gasteiger partial charge on any atom is -0.465 e. The lowest BCUT2D eigenvalue weighted by atomic mass is 9.83. The molecule has 0 amide bonds. The molecule has 0 spiro atoms. The molecule has 0 N–H and O–H groups in total. The Labute approximate surface area is 109 Å². The van der Waals surface area contributed by atoms with E-state index in [4.69, 9.17) is 4.74 Å². The molecule has 1 aliphatic heterocycles. The van der Waals surface area contributed by atoms with Crippen molar-refractivity contribution in [3.05, 3.63) is 11.6 Å². The van der Waals surface area contributed by atoms with Gasteiger partial charge in [-0.3, -0.25) is 4.79 Å². The van der Waals surface area contributed by atoms with Crippen LogP contribution in [0.3, 0.4) is 0 Å². The monoisotopic (exact) mass is 249 g/mol. The molecule has 2 aliphatic carbocycles. The van der Waals surface area contributed by atoms with Gasteiger partial charge in [-0.2, -0.15) is 0 Å². The average Bonchev–Trinajstić information content (AvgIpc) is 3.04. The molecule has 0 unspecified atom stereocenters. The van der Waals surface area contributed by atoms with Gasteiger partial charge in [0.25, 0.3) is 0 Å². The zero-order chi connectivity index (χ0) is 12.6. The maximum atomic E-state index is 12.3. The molecular weight excluding hydrogens is 226 g/mol. The van der Waals surface area contributed by atoms with Crippen molar-refractivity contribution < 1.29 is 9.53 Å². The highest BCUT2D eigenvalue weighted by Crippen LogP contribution is 2.53. The van der Waals surface area contributed by atoms with Gasteiger partial charge in [0.1, 0.15) is 0 Å². The molecular formula is C15H23NO2. The van der Waals surface area contributed by atoms with Crippen molar-refractivity contribution in [1.82, 2.24) is 4.90 Å². The number of nitrogens with zero attached hydrogens (tertiary/aromatic N) is 1. The quantitative estimate of drug-likeness (QED) is 0.568. The zero-order valence-electron chi connectivity index (χ0n) is 11.3. The molecule has 2 atom stereocenters. The highest BCUT2D eigenvalue weighted by Gasteiger charge is 2.52. The smallest absolute Gasteiger partial charge is 0.316 e. The topological polar surface area (TPSA) is 29.5 Å². The number of hydrogen-bond donors (Lipinski definition) is 0. The van der Waals surface area contributed by atoms with E-state index in [1.165, 1.54) is 31.5 Å². The van der Waals surface area contributed by atoms with Crippen LogP contribution in [0.4, 0.5) is 0 Å². The lowest BCUT2D eigenvalue weighted by molar-refractivity contribution is -0.153. The Morgan fingerprint density at radius 3 is 3.00 bits per heavy atom. The van der Waals surface area contributed by atoms with Crippen LogP contribution in [0.1, 0.15) is 45.4 Å². The summed E-state index contributed by atoms with van der Waals surface area (Å²) in [4.78, 5) is 14.9. The molecule has 1 saturated carbocycles. The Balaban J connectivity index is 1.77. The zero-order valence-corrected chi connectivity index (χ0v) is 11.3. The first-order valence-electron chi connectivity index (χ1n) is 7.37. The van der Waals surface area contributed by atoms with E-state index < -0.39 is 0 Å². The van der Waals surface area contributed by atoms with E-state index >= 15 is 0 Å². The Kier molecular flexibility index (Phi) is 3.18. The summed E-state index contributed by atoms with van der Waals surface area (Å²) in [6.45, 7) is 4.84. The number of ether oxygens (including phenoxy) is 1. The van der Waals surface area contributed by atoms with Crippen LogP contribution in [0.2, 0.25) is 0 Å². The molecule has 0 aromatic heterocycles. The molecule has 0 bridgehead atoms. The molecule has 1 heterocycles. The van der Waals surface area contributed by atoms with Crippen LogP contribution in [0.25, 0.3) is 0 Å². The van der Waals surface area contributed by atoms with Crippen molar-refractivity contribution in [2.75, 3.05) is 19.7 Å². The minimum atomic E-state index is -0.247. The third-order valence-corrected chi connectivity index (χ3v) is 4.94. The number of carbonyl (C=O) groups excluding carboxylic acids is 1. The van der Waals surface area contributed by atoms with Crippen molar-refractivity contribution in [3.8, 4) is 0 Å². The molecule has 2 fully saturated rings. The molecule has 0 radical (unpaired) electrons. The largest absolute Gasteiger partial charge is 0.465 e. The third-order valence-electron chi connectivity index (χ3n) is 4.94. The van der Waals surface area contributed by atoms with Gasteiger partial charge in [0.05, 0.1) is 12.0 Å². The summed E-state index contributed by atoms with van der Waals surface area (Å²) < 4.78 is 5.34. The molecule has 100 valence electrons. The first-order chi connectivity index (χ1) is 8.76. The molecule has 18 heavy (non-hydrogen) atoms. The molecule has 3 aliphatic rings. The van der Waals surface area contributed by atoms with Gasteiger partial charge in [-0.15, -0.1) is 0 Å². The van der Waals surface area contributed by atoms with Gasteiger partial charge in [-0.25, -0.2) is 0 Å². The highest BCUT2D eigenvalue weighted by molar-refractivity contribution is 5.82. The second kappa shape index (κ2) is 4.69. The second-order valence-corrected chi connectivity index (χ2v) is 5.88. The summed E-state index contributed by atoms with van der Waals surface area (Å²) in [7, 11) is 0. The van der Waals surface area contributed by atoms with Crippen LogP contribution in [0.15, 0.2) is 11.6 Å². The van der Waals surface area contributed by atoms with Gasteiger partial charge < -0.3 is 9.64 Å². The molecule has 0 aromatic rings. The summed E-state index contributed by atoms with van der Waals surface area (Å²) in [6.07, 6.45) is 9.07. The first-order valence-corrected chi connectivity index (χ1v) is 7.37. The van der Waals surface area contributed by atoms with E-state index in [0.717, 1.165) is 25.7 Å². The van der Waals surface area contributed by atoms with Crippen LogP contribution < -0.4 is 0 Å². The van der Waals surface area contributed by atoms with E-state index in [0.29, 0.717) is 12.6 Å². The van der Waals surface area contributed by atoms with E-state index in [1.807, 2.05) is 6.92 Å². The van der Waals surface area contributed by atoms with E-state index in [-0.39, 0.29) is 11.4 Å². The highest BCUT2D eigenvalue weighted by atomic mass is 16.5. The number of carbonyl (C=O) groups is 1. The van der Waals surface area contributed by atoms with Crippen LogP contribution >= 0.6 is 0 Å². The number of rotatable bonds is 3. The Hall–Kier alpha value is -0.830. The fourth-order valence-corrected chi connectivity index (χ4v) is 4.04. The number of hydrogen-bond acceptors (Lipinski definition) is 3. The van der Waals surface area contributed by atoms with Crippen molar-refractivity contribution in [1.29, 1.82) is 0 Å². The summed E-state index contributed by atoms with van der Waals surface area (Å²) in [5.74, 6) is 0.0375. The normalized spacial score (nSPS) is 35.6. The fourth-order valence-electron chi connectivity index (χ4n) is 4.04. The maximum Gasteiger partial charge on any atom is 0.316 e. The average molecular weight is 249 g/mol. The summed E-state index contributed by atoms with van der Waals surface area (Å²) in [6, 6.07) is 0.587. The van der Waals surface area contributed by atoms with Crippen molar-refractivity contribution in [3.63, 3.8) is 0 Å². The Morgan fingerprint density at radius 2 is 2.28 bits per heavy atom. The number of esters is 1. The lowest BCUT2D eigenvalue weighted by Crippen LogP contribution is -2.35. The van der Waals surface area contributed by atoms with E-state index in [2.05, 4.69) is 11.0 Å². The van der Waals surface area contributed by atoms with Gasteiger partial charge >= 0.3 is 5.97 Å². The van der Waals surface area contributed by atoms with Gasteiger partial charge in [-0.1, -0.05) is 11.6 Å². The van der Waals surface area contributed by atoms with E-state index in [1.54, 1.807) is 0 Å². The van der Waals surface area contributed by atoms with Crippen LogP contribution in [0.5, 0.6) is 0 Å². The summed E-state index contributed by atoms with van der Waals surface area (Å²) in [5.41, 5.74) is 1.13. The Bertz CT molecular complexity index is 371. The Morgan fingerprint density at radius 1 is 1.50 bits per heavy atom. The molecule has 0 aromatic carbocycles. The van der Waals surface area contributed by atoms with Crippen LogP contribution in [-0.2, 0) is 9.53 Å². The summed E-state index contributed by atoms with van der Waals surface area (Å²) >= 11 is 0. The third kappa shape index (κ3) is 1.80. The van der Waals surface area contributed by atoms with Crippen molar-refractivity contribution in [2.24, 2.45) is 5.41 Å². The van der Waals surface area contributed by atoms with Crippen molar-refractivity contribution in [2.45, 2.75) is 51.5 Å². The molecule has 3 heteroatoms. The minimum absolute atomic E-state index is 0.0375. The predicted molar refractivity (Wildman–Crippen MR) is 70.2 cm³/mol. The summed E-state index contributed by atoms with van der Waals surface area (Å²) in [5, 5.41) is 0. The van der Waals surface area contributed by atoms with Gasteiger partial charge in [0.2, 0.25) is 0 Å². The molecule has 1 saturated heterocycles. The molecule has 3 nitrogen and oxygen atoms in total.